The van der Waals surface area contributed by atoms with Gasteiger partial charge in [-0.05, 0) is 77.5 Å². The zero-order valence-corrected chi connectivity index (χ0v) is 21.3. The number of aliphatic hydroxyl groups excluding tert-OH is 1. The Morgan fingerprint density at radius 3 is 2.67 bits per heavy atom. The smallest absolute Gasteiger partial charge is 0.223 e. The van der Waals surface area contributed by atoms with E-state index in [2.05, 4.69) is 49.6 Å². The van der Waals surface area contributed by atoms with Gasteiger partial charge in [0.05, 0.1) is 17.4 Å². The van der Waals surface area contributed by atoms with E-state index in [1.54, 1.807) is 0 Å². The second kappa shape index (κ2) is 11.9. The Hall–Kier alpha value is -1.99. The maximum absolute atomic E-state index is 10.00. The molecule has 1 saturated carbocycles. The first-order chi connectivity index (χ1) is 15.8. The molecule has 33 heavy (non-hydrogen) atoms. The van der Waals surface area contributed by atoms with E-state index in [0.717, 1.165) is 80.7 Å². The Morgan fingerprint density at radius 2 is 2.03 bits per heavy atom. The monoisotopic (exact) mass is 456 g/mol. The van der Waals surface area contributed by atoms with Gasteiger partial charge in [-0.1, -0.05) is 19.9 Å². The number of hydrogen-bond acceptors (Lipinski definition) is 6. The molecule has 0 aromatic carbocycles. The highest BCUT2D eigenvalue weighted by atomic mass is 16.3. The van der Waals surface area contributed by atoms with Crippen LogP contribution in [0.2, 0.25) is 0 Å². The first-order valence-corrected chi connectivity index (χ1v) is 12.7. The summed E-state index contributed by atoms with van der Waals surface area (Å²) >= 11 is 0. The summed E-state index contributed by atoms with van der Waals surface area (Å²) in [6.45, 7) is 10.8. The molecular weight excluding hydrogens is 412 g/mol. The van der Waals surface area contributed by atoms with E-state index >= 15 is 0 Å². The second-order valence-electron chi connectivity index (χ2n) is 10.1. The molecule has 7 nitrogen and oxygen atoms in total. The second-order valence-corrected chi connectivity index (χ2v) is 10.1. The minimum absolute atomic E-state index is 0.185. The number of likely N-dealkylation sites (N-methyl/N-ethyl adjacent to an activating group) is 1. The summed E-state index contributed by atoms with van der Waals surface area (Å²) in [5, 5.41) is 13.5. The summed E-state index contributed by atoms with van der Waals surface area (Å²) in [6, 6.07) is 0.827. The van der Waals surface area contributed by atoms with Gasteiger partial charge in [-0.2, -0.15) is 0 Å². The lowest BCUT2D eigenvalue weighted by molar-refractivity contribution is 0.119. The van der Waals surface area contributed by atoms with Gasteiger partial charge in [0.25, 0.3) is 0 Å². The molecule has 2 fully saturated rings. The number of nitrogens with one attached hydrogen (secondary N) is 1. The third-order valence-corrected chi connectivity index (χ3v) is 7.26. The van der Waals surface area contributed by atoms with Crippen LogP contribution in [0.1, 0.15) is 76.5 Å². The highest BCUT2D eigenvalue weighted by molar-refractivity contribution is 6.02. The predicted molar refractivity (Wildman–Crippen MR) is 138 cm³/mol. The highest BCUT2D eigenvalue weighted by Crippen LogP contribution is 2.35. The normalized spacial score (nSPS) is 25.2. The van der Waals surface area contributed by atoms with Crippen molar-refractivity contribution in [3.05, 3.63) is 24.0 Å². The van der Waals surface area contributed by atoms with E-state index in [1.165, 1.54) is 6.42 Å². The minimum atomic E-state index is -0.185. The molecule has 1 aliphatic heterocycles. The summed E-state index contributed by atoms with van der Waals surface area (Å²) in [7, 11) is 6.18. The molecule has 2 atom stereocenters. The van der Waals surface area contributed by atoms with Crippen LogP contribution in [-0.2, 0) is 0 Å². The standard InChI is InChI=1S/C26H44N6O/c1-7-9-18(2)29-26-28-16-23(24(30-26)19(3)20-11-13-22(33)14-12-20)25(27-4)32-15-8-10-21(17-32)31(5)6/h16,18,20-22,33H,3,7-15,17H2,1-2,4-6H3,(H,28,29,30)/t18?,20?,21-,22?/m0/s1. The Morgan fingerprint density at radius 1 is 1.30 bits per heavy atom. The van der Waals surface area contributed by atoms with Crippen molar-refractivity contribution in [3.8, 4) is 0 Å². The van der Waals surface area contributed by atoms with Gasteiger partial charge in [0, 0.05) is 38.4 Å². The molecule has 1 aromatic rings. The topological polar surface area (TPSA) is 76.9 Å². The van der Waals surface area contributed by atoms with Crippen molar-refractivity contribution in [1.29, 1.82) is 0 Å². The predicted octanol–water partition coefficient (Wildman–Crippen LogP) is 4.04. The van der Waals surface area contributed by atoms with E-state index in [-0.39, 0.29) is 6.10 Å². The first kappa shape index (κ1) is 25.6. The Balaban J connectivity index is 1.93. The van der Waals surface area contributed by atoms with Crippen LogP contribution in [0.25, 0.3) is 5.57 Å². The SMILES string of the molecule is C=C(c1nc(NC(C)CCC)ncc1C(=NC)N1CCC[C@H](N(C)C)C1)C1CCC(O)CC1. The molecule has 0 radical (unpaired) electrons. The zero-order chi connectivity index (χ0) is 24.0. The summed E-state index contributed by atoms with van der Waals surface area (Å²) in [6.07, 6.45) is 9.85. The van der Waals surface area contributed by atoms with Gasteiger partial charge in [0.2, 0.25) is 5.95 Å². The molecular formula is C26H44N6O. The van der Waals surface area contributed by atoms with Gasteiger partial charge in [-0.3, -0.25) is 4.99 Å². The lowest BCUT2D eigenvalue weighted by atomic mass is 9.81. The van der Waals surface area contributed by atoms with Crippen molar-refractivity contribution in [2.24, 2.45) is 10.9 Å². The lowest BCUT2D eigenvalue weighted by Crippen LogP contribution is -2.48. The van der Waals surface area contributed by atoms with Crippen LogP contribution < -0.4 is 5.32 Å². The lowest BCUT2D eigenvalue weighted by Gasteiger charge is -2.38. The molecule has 2 N–H and O–H groups in total. The molecule has 3 rings (SSSR count). The summed E-state index contributed by atoms with van der Waals surface area (Å²) in [5.41, 5.74) is 2.93. The van der Waals surface area contributed by atoms with Crippen LogP contribution in [0.15, 0.2) is 17.8 Å². The van der Waals surface area contributed by atoms with Crippen molar-refractivity contribution in [1.82, 2.24) is 19.8 Å². The van der Waals surface area contributed by atoms with Crippen molar-refractivity contribution in [2.75, 3.05) is 39.5 Å². The molecule has 2 heterocycles. The van der Waals surface area contributed by atoms with Crippen molar-refractivity contribution in [3.63, 3.8) is 0 Å². The molecule has 1 unspecified atom stereocenters. The maximum Gasteiger partial charge on any atom is 0.223 e. The highest BCUT2D eigenvalue weighted by Gasteiger charge is 2.29. The number of allylic oxidation sites excluding steroid dienone is 1. The third-order valence-electron chi connectivity index (χ3n) is 7.26. The van der Waals surface area contributed by atoms with E-state index in [9.17, 15) is 5.11 Å². The molecule has 184 valence electrons. The van der Waals surface area contributed by atoms with E-state index in [1.807, 2.05) is 13.2 Å². The van der Waals surface area contributed by atoms with Crippen molar-refractivity contribution in [2.45, 2.75) is 83.4 Å². The summed E-state index contributed by atoms with van der Waals surface area (Å²) in [5.74, 6) is 1.95. The number of anilines is 1. The Kier molecular flexibility index (Phi) is 9.27. The van der Waals surface area contributed by atoms with Crippen LogP contribution in [0, 0.1) is 5.92 Å². The number of aliphatic hydroxyl groups is 1. The van der Waals surface area contributed by atoms with Crippen molar-refractivity contribution >= 4 is 17.4 Å². The minimum Gasteiger partial charge on any atom is -0.393 e. The number of piperidine rings is 1. The molecule has 1 aliphatic carbocycles. The van der Waals surface area contributed by atoms with E-state index in [0.29, 0.717) is 23.9 Å². The number of aliphatic imine (C=N–C) groups is 1. The molecule has 1 aromatic heterocycles. The van der Waals surface area contributed by atoms with E-state index < -0.39 is 0 Å². The van der Waals surface area contributed by atoms with Gasteiger partial charge in [0.15, 0.2) is 0 Å². The zero-order valence-electron chi connectivity index (χ0n) is 21.3. The fraction of sp³-hybridized carbons (Fsp3) is 0.731. The van der Waals surface area contributed by atoms with Crippen LogP contribution >= 0.6 is 0 Å². The van der Waals surface area contributed by atoms with Crippen LogP contribution in [0.3, 0.4) is 0 Å². The number of aromatic nitrogens is 2. The van der Waals surface area contributed by atoms with Gasteiger partial charge in [0.1, 0.15) is 5.84 Å². The van der Waals surface area contributed by atoms with Gasteiger partial charge < -0.3 is 20.2 Å². The third kappa shape index (κ3) is 6.54. The summed E-state index contributed by atoms with van der Waals surface area (Å²) in [4.78, 5) is 19.1. The number of nitrogens with zero attached hydrogens (tertiary/aromatic N) is 5. The summed E-state index contributed by atoms with van der Waals surface area (Å²) < 4.78 is 0. The van der Waals surface area contributed by atoms with Crippen LogP contribution in [0.5, 0.6) is 0 Å². The molecule has 0 spiro atoms. The largest absolute Gasteiger partial charge is 0.393 e. The Bertz CT molecular complexity index is 815. The Labute approximate surface area is 200 Å². The fourth-order valence-corrected chi connectivity index (χ4v) is 5.20. The molecule has 1 saturated heterocycles. The quantitative estimate of drug-likeness (QED) is 0.454. The fourth-order valence-electron chi connectivity index (χ4n) is 5.20. The molecule has 2 aliphatic rings. The average molecular weight is 457 g/mol. The van der Waals surface area contributed by atoms with Gasteiger partial charge >= 0.3 is 0 Å². The number of hydrogen-bond donors (Lipinski definition) is 2. The molecule has 0 bridgehead atoms. The molecule has 7 heteroatoms. The van der Waals surface area contributed by atoms with E-state index in [4.69, 9.17) is 15.0 Å². The molecule has 0 amide bonds. The van der Waals surface area contributed by atoms with Crippen LogP contribution in [-0.4, -0.2) is 83.1 Å². The van der Waals surface area contributed by atoms with Crippen molar-refractivity contribution < 1.29 is 5.11 Å². The van der Waals surface area contributed by atoms with Gasteiger partial charge in [-0.15, -0.1) is 0 Å². The first-order valence-electron chi connectivity index (χ1n) is 12.7. The number of rotatable bonds is 8. The number of likely N-dealkylation sites (tertiary alicyclic amines) is 1. The van der Waals surface area contributed by atoms with Gasteiger partial charge in [-0.25, -0.2) is 9.97 Å². The van der Waals surface area contributed by atoms with Crippen LogP contribution in [0.4, 0.5) is 5.95 Å². The number of amidine groups is 1. The maximum atomic E-state index is 10.00. The average Bonchev–Trinajstić information content (AvgIpc) is 2.80.